The maximum absolute atomic E-state index is 7.66. The van der Waals surface area contributed by atoms with Crippen LogP contribution in [0, 0.1) is 5.41 Å². The Hall–Kier alpha value is -2.17. The van der Waals surface area contributed by atoms with Crippen molar-refractivity contribution in [1.29, 1.82) is 5.41 Å². The highest BCUT2D eigenvalue weighted by Crippen LogP contribution is 2.23. The first-order valence-electron chi connectivity index (χ1n) is 7.40. The van der Waals surface area contributed by atoms with E-state index in [4.69, 9.17) is 20.6 Å². The Kier molecular flexibility index (Phi) is 6.13. The summed E-state index contributed by atoms with van der Waals surface area (Å²) in [6.45, 7) is 4.48. The van der Waals surface area contributed by atoms with E-state index < -0.39 is 0 Å². The molecule has 0 fully saturated rings. The number of amidine groups is 1. The molecule has 116 valence electrons. The lowest BCUT2D eigenvalue weighted by Gasteiger charge is -2.09. The molecule has 22 heavy (non-hydrogen) atoms. The van der Waals surface area contributed by atoms with Gasteiger partial charge in [-0.3, -0.25) is 5.41 Å². The summed E-state index contributed by atoms with van der Waals surface area (Å²) in [5, 5.41) is 7.66. The average molecular weight is 298 g/mol. The van der Waals surface area contributed by atoms with Crippen LogP contribution in [0.5, 0.6) is 0 Å². The van der Waals surface area contributed by atoms with E-state index >= 15 is 0 Å². The monoisotopic (exact) mass is 298 g/mol. The smallest absolute Gasteiger partial charge is 0.123 e. The molecule has 0 aliphatic rings. The summed E-state index contributed by atoms with van der Waals surface area (Å²) in [5.41, 5.74) is 9.52. The predicted molar refractivity (Wildman–Crippen MR) is 89.0 cm³/mol. The fraction of sp³-hybridized carbons (Fsp3) is 0.278. The van der Waals surface area contributed by atoms with Crippen molar-refractivity contribution in [3.63, 3.8) is 0 Å². The van der Waals surface area contributed by atoms with Crippen LogP contribution in [0.4, 0.5) is 0 Å². The molecular formula is C18H22N2O2. The molecule has 0 atom stereocenters. The van der Waals surface area contributed by atoms with Crippen LogP contribution >= 0.6 is 0 Å². The van der Waals surface area contributed by atoms with Crippen molar-refractivity contribution in [2.45, 2.75) is 13.5 Å². The first-order chi connectivity index (χ1) is 10.7. The molecule has 0 aliphatic carbocycles. The quantitative estimate of drug-likeness (QED) is 0.447. The standard InChI is InChI=1S/C18H22N2O2/c1-2-21-11-12-22-13-14-7-9-15(10-8-14)16-5-3-4-6-17(16)18(19)20/h3-10H,2,11-13H2,1H3,(H3,19,20). The topological polar surface area (TPSA) is 68.3 Å². The molecule has 0 aromatic heterocycles. The van der Waals surface area contributed by atoms with Gasteiger partial charge in [0.15, 0.2) is 0 Å². The maximum Gasteiger partial charge on any atom is 0.123 e. The lowest BCUT2D eigenvalue weighted by molar-refractivity contribution is 0.0453. The summed E-state index contributed by atoms with van der Waals surface area (Å²) in [7, 11) is 0. The van der Waals surface area contributed by atoms with Crippen molar-refractivity contribution in [3.05, 3.63) is 59.7 Å². The highest BCUT2D eigenvalue weighted by Gasteiger charge is 2.06. The molecule has 4 nitrogen and oxygen atoms in total. The van der Waals surface area contributed by atoms with Crippen LogP contribution in [0.2, 0.25) is 0 Å². The van der Waals surface area contributed by atoms with Crippen LogP contribution in [-0.4, -0.2) is 25.7 Å². The van der Waals surface area contributed by atoms with E-state index in [-0.39, 0.29) is 5.84 Å². The number of nitrogen functional groups attached to an aromatic ring is 1. The molecule has 2 aromatic carbocycles. The minimum Gasteiger partial charge on any atom is -0.384 e. The summed E-state index contributed by atoms with van der Waals surface area (Å²) < 4.78 is 10.8. The molecule has 0 aliphatic heterocycles. The molecular weight excluding hydrogens is 276 g/mol. The summed E-state index contributed by atoms with van der Waals surface area (Å²) in [4.78, 5) is 0. The van der Waals surface area contributed by atoms with Crippen LogP contribution in [-0.2, 0) is 16.1 Å². The van der Waals surface area contributed by atoms with Gasteiger partial charge in [-0.25, -0.2) is 0 Å². The Morgan fingerprint density at radius 2 is 1.68 bits per heavy atom. The van der Waals surface area contributed by atoms with E-state index in [2.05, 4.69) is 0 Å². The fourth-order valence-corrected chi connectivity index (χ4v) is 2.20. The van der Waals surface area contributed by atoms with Crippen LogP contribution < -0.4 is 5.73 Å². The van der Waals surface area contributed by atoms with Crippen molar-refractivity contribution >= 4 is 5.84 Å². The number of hydrogen-bond donors (Lipinski definition) is 2. The summed E-state index contributed by atoms with van der Waals surface area (Å²) in [5.74, 6) is 0.0823. The van der Waals surface area contributed by atoms with Gasteiger partial charge in [-0.15, -0.1) is 0 Å². The normalized spacial score (nSPS) is 10.6. The number of benzene rings is 2. The van der Waals surface area contributed by atoms with E-state index in [0.717, 1.165) is 22.3 Å². The van der Waals surface area contributed by atoms with Crippen LogP contribution in [0.3, 0.4) is 0 Å². The highest BCUT2D eigenvalue weighted by molar-refractivity contribution is 6.01. The van der Waals surface area contributed by atoms with Gasteiger partial charge in [-0.2, -0.15) is 0 Å². The van der Waals surface area contributed by atoms with Gasteiger partial charge in [0, 0.05) is 12.2 Å². The third-order valence-electron chi connectivity index (χ3n) is 3.33. The zero-order chi connectivity index (χ0) is 15.8. The van der Waals surface area contributed by atoms with Crippen molar-refractivity contribution in [2.24, 2.45) is 5.73 Å². The Labute approximate surface area is 131 Å². The van der Waals surface area contributed by atoms with E-state index in [1.165, 1.54) is 0 Å². The van der Waals surface area contributed by atoms with Gasteiger partial charge in [-0.1, -0.05) is 48.5 Å². The minimum absolute atomic E-state index is 0.0823. The fourth-order valence-electron chi connectivity index (χ4n) is 2.20. The van der Waals surface area contributed by atoms with E-state index in [1.54, 1.807) is 0 Å². The molecule has 2 rings (SSSR count). The van der Waals surface area contributed by atoms with Gasteiger partial charge in [0.25, 0.3) is 0 Å². The number of hydrogen-bond acceptors (Lipinski definition) is 3. The number of nitrogens with one attached hydrogen (secondary N) is 1. The first kappa shape index (κ1) is 16.2. The second-order valence-corrected chi connectivity index (χ2v) is 4.91. The molecule has 0 unspecified atom stereocenters. The minimum atomic E-state index is 0.0823. The first-order valence-corrected chi connectivity index (χ1v) is 7.40. The van der Waals surface area contributed by atoms with Crippen LogP contribution in [0.25, 0.3) is 11.1 Å². The summed E-state index contributed by atoms with van der Waals surface area (Å²) in [6, 6.07) is 15.8. The molecule has 0 bridgehead atoms. The van der Waals surface area contributed by atoms with Gasteiger partial charge in [0.05, 0.1) is 19.8 Å². The third kappa shape index (κ3) is 4.41. The van der Waals surface area contributed by atoms with Gasteiger partial charge in [-0.05, 0) is 23.6 Å². The lowest BCUT2D eigenvalue weighted by atomic mass is 9.98. The number of ether oxygens (including phenoxy) is 2. The second-order valence-electron chi connectivity index (χ2n) is 4.91. The molecule has 2 aromatic rings. The third-order valence-corrected chi connectivity index (χ3v) is 3.33. The molecule has 4 heteroatoms. The van der Waals surface area contributed by atoms with E-state index in [9.17, 15) is 0 Å². The van der Waals surface area contributed by atoms with E-state index in [0.29, 0.717) is 26.4 Å². The Morgan fingerprint density at radius 1 is 1.00 bits per heavy atom. The molecule has 0 spiro atoms. The van der Waals surface area contributed by atoms with Crippen molar-refractivity contribution in [3.8, 4) is 11.1 Å². The van der Waals surface area contributed by atoms with Crippen molar-refractivity contribution in [1.82, 2.24) is 0 Å². The van der Waals surface area contributed by atoms with Gasteiger partial charge < -0.3 is 15.2 Å². The van der Waals surface area contributed by atoms with Crippen molar-refractivity contribution in [2.75, 3.05) is 19.8 Å². The van der Waals surface area contributed by atoms with E-state index in [1.807, 2.05) is 55.5 Å². The lowest BCUT2D eigenvalue weighted by Crippen LogP contribution is -2.12. The molecule has 0 amide bonds. The number of rotatable bonds is 8. The Balaban J connectivity index is 2.02. The highest BCUT2D eigenvalue weighted by atomic mass is 16.5. The molecule has 0 saturated heterocycles. The SMILES string of the molecule is CCOCCOCc1ccc(-c2ccccc2C(=N)N)cc1. The maximum atomic E-state index is 7.66. The second kappa shape index (κ2) is 8.32. The summed E-state index contributed by atoms with van der Waals surface area (Å²) >= 11 is 0. The Morgan fingerprint density at radius 3 is 2.36 bits per heavy atom. The predicted octanol–water partition coefficient (Wildman–Crippen LogP) is 3.19. The van der Waals surface area contributed by atoms with Crippen molar-refractivity contribution < 1.29 is 9.47 Å². The van der Waals surface area contributed by atoms with Gasteiger partial charge >= 0.3 is 0 Å². The van der Waals surface area contributed by atoms with Gasteiger partial charge in [0.2, 0.25) is 0 Å². The zero-order valence-corrected chi connectivity index (χ0v) is 12.8. The van der Waals surface area contributed by atoms with Crippen LogP contribution in [0.1, 0.15) is 18.1 Å². The Bertz CT molecular complexity index is 609. The largest absolute Gasteiger partial charge is 0.384 e. The zero-order valence-electron chi connectivity index (χ0n) is 12.8. The molecule has 3 N–H and O–H groups in total. The average Bonchev–Trinajstić information content (AvgIpc) is 2.55. The van der Waals surface area contributed by atoms with Gasteiger partial charge in [0.1, 0.15) is 5.84 Å². The molecule has 0 saturated carbocycles. The summed E-state index contributed by atoms with van der Waals surface area (Å²) in [6.07, 6.45) is 0. The number of nitrogens with two attached hydrogens (primary N) is 1. The molecule has 0 heterocycles. The molecule has 0 radical (unpaired) electrons. The van der Waals surface area contributed by atoms with Crippen LogP contribution in [0.15, 0.2) is 48.5 Å².